The Morgan fingerprint density at radius 2 is 1.79 bits per heavy atom. The highest BCUT2D eigenvalue weighted by molar-refractivity contribution is 9.10. The van der Waals surface area contributed by atoms with E-state index >= 15 is 0 Å². The summed E-state index contributed by atoms with van der Waals surface area (Å²) >= 11 is 5.20. The monoisotopic (exact) mass is 425 g/mol. The van der Waals surface area contributed by atoms with E-state index in [1.165, 1.54) is 11.1 Å². The third kappa shape index (κ3) is 3.87. The number of benzene rings is 2. The molecule has 3 rings (SSSR count). The molecule has 1 atom stereocenters. The van der Waals surface area contributed by atoms with Crippen LogP contribution in [0.4, 0.5) is 0 Å². The van der Waals surface area contributed by atoms with E-state index in [-0.39, 0.29) is 0 Å². The van der Waals surface area contributed by atoms with Crippen LogP contribution < -0.4 is 0 Å². The number of halogens is 1. The zero-order chi connectivity index (χ0) is 17.2. The Morgan fingerprint density at radius 1 is 1.08 bits per heavy atom. The van der Waals surface area contributed by atoms with E-state index in [1.807, 2.05) is 17.8 Å². The van der Waals surface area contributed by atoms with Crippen LogP contribution in [0.2, 0.25) is 0 Å². The second-order valence-corrected chi connectivity index (χ2v) is 10.0. The molecule has 1 heterocycles. The Bertz CT molecular complexity index is 806. The van der Waals surface area contributed by atoms with Gasteiger partial charge in [-0.2, -0.15) is 16.1 Å². The molecule has 0 amide bonds. The summed E-state index contributed by atoms with van der Waals surface area (Å²) in [5.74, 6) is 0.814. The van der Waals surface area contributed by atoms with Crippen molar-refractivity contribution < 1.29 is 8.42 Å². The van der Waals surface area contributed by atoms with Gasteiger partial charge in [-0.25, -0.2) is 8.42 Å². The van der Waals surface area contributed by atoms with Gasteiger partial charge in [0.2, 0.25) is 10.0 Å². The summed E-state index contributed by atoms with van der Waals surface area (Å²) in [4.78, 5) is 0.366. The summed E-state index contributed by atoms with van der Waals surface area (Å²) in [5.41, 5.74) is 2.60. The molecule has 3 nitrogen and oxygen atoms in total. The highest BCUT2D eigenvalue weighted by Crippen LogP contribution is 2.37. The number of hydrogen-bond donors (Lipinski definition) is 0. The normalized spacial score (nSPS) is 19.8. The van der Waals surface area contributed by atoms with Crippen LogP contribution in [-0.2, 0) is 10.0 Å². The average molecular weight is 426 g/mol. The van der Waals surface area contributed by atoms with Crippen molar-refractivity contribution in [1.29, 1.82) is 0 Å². The van der Waals surface area contributed by atoms with Crippen LogP contribution in [0, 0.1) is 6.92 Å². The number of sulfonamides is 1. The van der Waals surface area contributed by atoms with Gasteiger partial charge in [0.1, 0.15) is 0 Å². The summed E-state index contributed by atoms with van der Waals surface area (Å²) in [7, 11) is -3.42. The van der Waals surface area contributed by atoms with Crippen LogP contribution in [0.15, 0.2) is 57.9 Å². The Hall–Kier alpha value is -0.820. The lowest BCUT2D eigenvalue weighted by Gasteiger charge is -2.20. The molecule has 1 aliphatic heterocycles. The van der Waals surface area contributed by atoms with E-state index in [1.54, 1.807) is 28.6 Å². The topological polar surface area (TPSA) is 37.4 Å². The smallest absolute Gasteiger partial charge is 0.207 e. The molecule has 0 saturated carbocycles. The molecule has 0 N–H and O–H groups in total. The lowest BCUT2D eigenvalue weighted by Crippen LogP contribution is -2.33. The predicted octanol–water partition coefficient (Wildman–Crippen LogP) is 4.63. The van der Waals surface area contributed by atoms with Gasteiger partial charge in [-0.1, -0.05) is 40.2 Å². The SMILES string of the molecule is Cc1ccccc1C1CCN(S(=O)(=O)c2ccc(Br)cc2)CCS1. The van der Waals surface area contributed by atoms with Crippen LogP contribution in [-0.4, -0.2) is 31.6 Å². The van der Waals surface area contributed by atoms with Crippen LogP contribution in [0.25, 0.3) is 0 Å². The number of nitrogens with zero attached hydrogens (tertiary/aromatic N) is 1. The van der Waals surface area contributed by atoms with Crippen molar-refractivity contribution in [2.75, 3.05) is 18.8 Å². The van der Waals surface area contributed by atoms with E-state index < -0.39 is 10.0 Å². The Morgan fingerprint density at radius 3 is 2.50 bits per heavy atom. The van der Waals surface area contributed by atoms with E-state index in [2.05, 4.69) is 41.1 Å². The van der Waals surface area contributed by atoms with Crippen molar-refractivity contribution in [2.24, 2.45) is 0 Å². The van der Waals surface area contributed by atoms with E-state index in [0.717, 1.165) is 16.6 Å². The van der Waals surface area contributed by atoms with Gasteiger partial charge in [0.05, 0.1) is 4.90 Å². The maximum atomic E-state index is 12.9. The Labute approximate surface area is 156 Å². The standard InChI is InChI=1S/C18H20BrNO2S2/c1-14-4-2-3-5-17(14)18-10-11-20(12-13-23-18)24(21,22)16-8-6-15(19)7-9-16/h2-9,18H,10-13H2,1H3. The molecule has 24 heavy (non-hydrogen) atoms. The third-order valence-electron chi connectivity index (χ3n) is 4.29. The largest absolute Gasteiger partial charge is 0.243 e. The van der Waals surface area contributed by atoms with Crippen molar-refractivity contribution in [2.45, 2.75) is 23.5 Å². The highest BCUT2D eigenvalue weighted by atomic mass is 79.9. The molecule has 1 saturated heterocycles. The number of aryl methyl sites for hydroxylation is 1. The van der Waals surface area contributed by atoms with Crippen molar-refractivity contribution >= 4 is 37.7 Å². The van der Waals surface area contributed by atoms with E-state index in [4.69, 9.17) is 0 Å². The number of rotatable bonds is 3. The highest BCUT2D eigenvalue weighted by Gasteiger charge is 2.28. The molecule has 0 radical (unpaired) electrons. The van der Waals surface area contributed by atoms with Crippen LogP contribution in [0.3, 0.4) is 0 Å². The minimum atomic E-state index is -3.42. The minimum absolute atomic E-state index is 0.358. The average Bonchev–Trinajstić information content (AvgIpc) is 2.82. The molecule has 0 aromatic heterocycles. The van der Waals surface area contributed by atoms with Gasteiger partial charge >= 0.3 is 0 Å². The second kappa shape index (κ2) is 7.60. The maximum Gasteiger partial charge on any atom is 0.243 e. The van der Waals surface area contributed by atoms with Gasteiger partial charge in [-0.05, 0) is 48.7 Å². The minimum Gasteiger partial charge on any atom is -0.207 e. The summed E-state index contributed by atoms with van der Waals surface area (Å²) in [5, 5.41) is 0.358. The van der Waals surface area contributed by atoms with Gasteiger partial charge < -0.3 is 0 Å². The van der Waals surface area contributed by atoms with Gasteiger partial charge in [0, 0.05) is 28.6 Å². The fourth-order valence-electron chi connectivity index (χ4n) is 2.94. The summed E-state index contributed by atoms with van der Waals surface area (Å²) < 4.78 is 28.2. The number of hydrogen-bond acceptors (Lipinski definition) is 3. The molecule has 2 aromatic carbocycles. The third-order valence-corrected chi connectivity index (χ3v) is 8.04. The zero-order valence-corrected chi connectivity index (χ0v) is 16.7. The van der Waals surface area contributed by atoms with Gasteiger partial charge in [-0.15, -0.1) is 0 Å². The van der Waals surface area contributed by atoms with Crippen LogP contribution in [0.5, 0.6) is 0 Å². The fourth-order valence-corrected chi connectivity index (χ4v) is 6.10. The van der Waals surface area contributed by atoms with E-state index in [9.17, 15) is 8.42 Å². The zero-order valence-electron chi connectivity index (χ0n) is 13.5. The van der Waals surface area contributed by atoms with E-state index in [0.29, 0.717) is 23.2 Å². The van der Waals surface area contributed by atoms with Gasteiger partial charge in [0.15, 0.2) is 0 Å². The van der Waals surface area contributed by atoms with Crippen molar-refractivity contribution in [1.82, 2.24) is 4.31 Å². The summed E-state index contributed by atoms with van der Waals surface area (Å²) in [6, 6.07) is 15.3. The Kier molecular flexibility index (Phi) is 5.70. The van der Waals surface area contributed by atoms with Gasteiger partial charge in [-0.3, -0.25) is 0 Å². The van der Waals surface area contributed by atoms with Crippen molar-refractivity contribution in [3.63, 3.8) is 0 Å². The molecule has 0 bridgehead atoms. The van der Waals surface area contributed by atoms with Crippen molar-refractivity contribution in [3.05, 3.63) is 64.1 Å². The molecule has 0 spiro atoms. The molecular weight excluding hydrogens is 406 g/mol. The first kappa shape index (κ1) is 18.0. The first-order chi connectivity index (χ1) is 11.5. The number of thioether (sulfide) groups is 1. The first-order valence-corrected chi connectivity index (χ1v) is 11.2. The molecule has 2 aromatic rings. The molecule has 1 fully saturated rings. The fraction of sp³-hybridized carbons (Fsp3) is 0.333. The van der Waals surface area contributed by atoms with Crippen LogP contribution >= 0.6 is 27.7 Å². The molecular formula is C18H20BrNO2S2. The Balaban J connectivity index is 1.78. The lowest BCUT2D eigenvalue weighted by molar-refractivity contribution is 0.428. The van der Waals surface area contributed by atoms with Gasteiger partial charge in [0.25, 0.3) is 0 Å². The molecule has 0 aliphatic carbocycles. The second-order valence-electron chi connectivity index (χ2n) is 5.86. The van der Waals surface area contributed by atoms with Crippen molar-refractivity contribution in [3.8, 4) is 0 Å². The van der Waals surface area contributed by atoms with Crippen LogP contribution in [0.1, 0.15) is 22.8 Å². The molecule has 1 unspecified atom stereocenters. The lowest BCUT2D eigenvalue weighted by atomic mass is 10.0. The maximum absolute atomic E-state index is 12.9. The molecule has 128 valence electrons. The molecule has 1 aliphatic rings. The quantitative estimate of drug-likeness (QED) is 0.719. The predicted molar refractivity (Wildman–Crippen MR) is 104 cm³/mol. The first-order valence-electron chi connectivity index (χ1n) is 7.91. The molecule has 6 heteroatoms. The summed E-state index contributed by atoms with van der Waals surface area (Å²) in [6.07, 6.45) is 0.839. The summed E-state index contributed by atoms with van der Waals surface area (Å²) in [6.45, 7) is 3.24.